The van der Waals surface area contributed by atoms with Crippen LogP contribution in [0.1, 0.15) is 24.2 Å². The van der Waals surface area contributed by atoms with Crippen LogP contribution in [0.3, 0.4) is 0 Å². The van der Waals surface area contributed by atoms with Crippen molar-refractivity contribution >= 4 is 17.4 Å². The lowest BCUT2D eigenvalue weighted by molar-refractivity contribution is -0.385. The van der Waals surface area contributed by atoms with E-state index in [4.69, 9.17) is 0 Å². The fourth-order valence-corrected chi connectivity index (χ4v) is 1.18. The van der Waals surface area contributed by atoms with Gasteiger partial charge in [0.2, 0.25) is 0 Å². The molecule has 1 rings (SSSR count). The van der Waals surface area contributed by atoms with Crippen LogP contribution in [0, 0.1) is 15.9 Å². The number of non-ortho nitro benzene ring substituents is 1. The third-order valence-electron chi connectivity index (χ3n) is 2.37. The van der Waals surface area contributed by atoms with E-state index in [1.807, 2.05) is 0 Å². The zero-order valence-corrected chi connectivity index (χ0v) is 9.77. The van der Waals surface area contributed by atoms with Gasteiger partial charge < -0.3 is 5.32 Å². The van der Waals surface area contributed by atoms with Gasteiger partial charge in [-0.2, -0.15) is 0 Å². The Bertz CT molecular complexity index is 516. The molecule has 0 aliphatic rings. The molecule has 0 aliphatic carbocycles. The monoisotopic (exact) mass is 254 g/mol. The van der Waals surface area contributed by atoms with Crippen LogP contribution in [0.5, 0.6) is 0 Å². The predicted octanol–water partition coefficient (Wildman–Crippen LogP) is 1.44. The highest BCUT2D eigenvalue weighted by molar-refractivity contribution is 5.97. The Kier molecular flexibility index (Phi) is 4.09. The molecule has 6 nitrogen and oxygen atoms in total. The SMILES string of the molecule is CC(=O)C(C)NC(=O)c1ccc([N+](=O)[O-])cc1F. The molecule has 0 saturated carbocycles. The van der Waals surface area contributed by atoms with E-state index in [-0.39, 0.29) is 11.3 Å². The molecule has 1 N–H and O–H groups in total. The molecule has 1 aromatic carbocycles. The summed E-state index contributed by atoms with van der Waals surface area (Å²) in [6.07, 6.45) is 0. The third-order valence-corrected chi connectivity index (χ3v) is 2.37. The van der Waals surface area contributed by atoms with E-state index < -0.39 is 28.4 Å². The van der Waals surface area contributed by atoms with Gasteiger partial charge >= 0.3 is 0 Å². The average Bonchev–Trinajstić information content (AvgIpc) is 2.28. The number of hydrogen-bond acceptors (Lipinski definition) is 4. The number of amides is 1. The largest absolute Gasteiger partial charge is 0.342 e. The first-order chi connectivity index (χ1) is 8.32. The van der Waals surface area contributed by atoms with Crippen LogP contribution < -0.4 is 5.32 Å². The van der Waals surface area contributed by atoms with Gasteiger partial charge in [0.15, 0.2) is 5.78 Å². The van der Waals surface area contributed by atoms with Crippen molar-refractivity contribution in [2.75, 3.05) is 0 Å². The lowest BCUT2D eigenvalue weighted by Crippen LogP contribution is -2.37. The van der Waals surface area contributed by atoms with E-state index in [0.29, 0.717) is 6.07 Å². The minimum absolute atomic E-state index is 0.273. The molecular formula is C11H11FN2O4. The van der Waals surface area contributed by atoms with Crippen molar-refractivity contribution < 1.29 is 18.9 Å². The topological polar surface area (TPSA) is 89.3 Å². The molecule has 0 fully saturated rings. The van der Waals surface area contributed by atoms with Crippen molar-refractivity contribution in [1.29, 1.82) is 0 Å². The van der Waals surface area contributed by atoms with Gasteiger partial charge in [0, 0.05) is 6.07 Å². The van der Waals surface area contributed by atoms with Crippen molar-refractivity contribution in [2.45, 2.75) is 19.9 Å². The quantitative estimate of drug-likeness (QED) is 0.650. The summed E-state index contributed by atoms with van der Waals surface area (Å²) in [4.78, 5) is 32.2. The van der Waals surface area contributed by atoms with Crippen LogP contribution in [-0.4, -0.2) is 22.7 Å². The molecule has 0 saturated heterocycles. The zero-order valence-electron chi connectivity index (χ0n) is 9.77. The molecule has 1 atom stereocenters. The second-order valence-electron chi connectivity index (χ2n) is 3.73. The summed E-state index contributed by atoms with van der Waals surface area (Å²) in [6, 6.07) is 1.95. The number of benzene rings is 1. The van der Waals surface area contributed by atoms with Crippen LogP contribution in [0.2, 0.25) is 0 Å². The number of nitro groups is 1. The van der Waals surface area contributed by atoms with E-state index in [2.05, 4.69) is 5.32 Å². The Morgan fingerprint density at radius 3 is 2.50 bits per heavy atom. The van der Waals surface area contributed by atoms with Gasteiger partial charge in [-0.1, -0.05) is 0 Å². The lowest BCUT2D eigenvalue weighted by atomic mass is 10.1. The maximum absolute atomic E-state index is 13.5. The Morgan fingerprint density at radius 1 is 1.44 bits per heavy atom. The van der Waals surface area contributed by atoms with E-state index in [0.717, 1.165) is 12.1 Å². The summed E-state index contributed by atoms with van der Waals surface area (Å²) in [5, 5.41) is 12.7. The van der Waals surface area contributed by atoms with E-state index in [1.54, 1.807) is 0 Å². The molecule has 0 aromatic heterocycles. The van der Waals surface area contributed by atoms with Gasteiger partial charge in [-0.25, -0.2) is 4.39 Å². The highest BCUT2D eigenvalue weighted by Gasteiger charge is 2.18. The second-order valence-corrected chi connectivity index (χ2v) is 3.73. The zero-order chi connectivity index (χ0) is 13.9. The van der Waals surface area contributed by atoms with Crippen LogP contribution in [0.4, 0.5) is 10.1 Å². The number of rotatable bonds is 4. The van der Waals surface area contributed by atoms with Gasteiger partial charge in [0.1, 0.15) is 5.82 Å². The van der Waals surface area contributed by atoms with Crippen LogP contribution in [0.25, 0.3) is 0 Å². The van der Waals surface area contributed by atoms with Crippen molar-refractivity contribution in [3.8, 4) is 0 Å². The third kappa shape index (κ3) is 3.09. The molecule has 1 unspecified atom stereocenters. The summed E-state index contributed by atoms with van der Waals surface area (Å²) in [6.45, 7) is 2.75. The molecule has 0 bridgehead atoms. The normalized spacial score (nSPS) is 11.7. The number of carbonyl (C=O) groups excluding carboxylic acids is 2. The summed E-state index contributed by atoms with van der Waals surface area (Å²) < 4.78 is 13.5. The van der Waals surface area contributed by atoms with Crippen molar-refractivity contribution in [2.24, 2.45) is 0 Å². The highest BCUT2D eigenvalue weighted by atomic mass is 19.1. The summed E-state index contributed by atoms with van der Waals surface area (Å²) in [7, 11) is 0. The number of Topliss-reactive ketones (excluding diaryl/α,β-unsaturated/α-hetero) is 1. The smallest absolute Gasteiger partial charge is 0.272 e. The van der Waals surface area contributed by atoms with Crippen LogP contribution in [0.15, 0.2) is 18.2 Å². The molecule has 0 spiro atoms. The summed E-state index contributed by atoms with van der Waals surface area (Å²) in [5.41, 5.74) is -0.780. The maximum atomic E-state index is 13.5. The molecule has 1 amide bonds. The lowest BCUT2D eigenvalue weighted by Gasteiger charge is -2.10. The molecule has 0 aliphatic heterocycles. The van der Waals surface area contributed by atoms with Crippen molar-refractivity contribution in [3.05, 3.63) is 39.7 Å². The fraction of sp³-hybridized carbons (Fsp3) is 0.273. The fourth-order valence-electron chi connectivity index (χ4n) is 1.18. The Morgan fingerprint density at radius 2 is 2.06 bits per heavy atom. The molecule has 0 heterocycles. The number of carbonyl (C=O) groups is 2. The standard InChI is InChI=1S/C11H11FN2O4/c1-6(7(2)15)13-11(16)9-4-3-8(14(17)18)5-10(9)12/h3-6H,1-2H3,(H,13,16). The van der Waals surface area contributed by atoms with Crippen molar-refractivity contribution in [3.63, 3.8) is 0 Å². The van der Waals surface area contributed by atoms with Gasteiger partial charge in [-0.05, 0) is 19.9 Å². The first kappa shape index (κ1) is 13.8. The van der Waals surface area contributed by atoms with Gasteiger partial charge in [-0.15, -0.1) is 0 Å². The summed E-state index contributed by atoms with van der Waals surface area (Å²) in [5.74, 6) is -2.06. The number of ketones is 1. The number of hydrogen-bond donors (Lipinski definition) is 1. The predicted molar refractivity (Wildman–Crippen MR) is 60.7 cm³/mol. The number of nitrogens with one attached hydrogen (secondary N) is 1. The minimum Gasteiger partial charge on any atom is -0.342 e. The van der Waals surface area contributed by atoms with Crippen molar-refractivity contribution in [1.82, 2.24) is 5.32 Å². The minimum atomic E-state index is -1.00. The maximum Gasteiger partial charge on any atom is 0.272 e. The number of nitro benzene ring substituents is 1. The average molecular weight is 254 g/mol. The number of nitrogens with zero attached hydrogens (tertiary/aromatic N) is 1. The Labute approximate surface area is 102 Å². The Hall–Kier alpha value is -2.31. The van der Waals surface area contributed by atoms with Gasteiger partial charge in [0.25, 0.3) is 11.6 Å². The van der Waals surface area contributed by atoms with Crippen LogP contribution >= 0.6 is 0 Å². The van der Waals surface area contributed by atoms with Crippen LogP contribution in [-0.2, 0) is 4.79 Å². The van der Waals surface area contributed by atoms with E-state index >= 15 is 0 Å². The molecule has 7 heteroatoms. The molecule has 18 heavy (non-hydrogen) atoms. The van der Waals surface area contributed by atoms with E-state index in [1.165, 1.54) is 13.8 Å². The molecule has 0 radical (unpaired) electrons. The highest BCUT2D eigenvalue weighted by Crippen LogP contribution is 2.16. The number of halogens is 1. The Balaban J connectivity index is 2.94. The van der Waals surface area contributed by atoms with Gasteiger partial charge in [0.05, 0.1) is 22.6 Å². The first-order valence-corrected chi connectivity index (χ1v) is 5.08. The molecule has 1 aromatic rings. The van der Waals surface area contributed by atoms with E-state index in [9.17, 15) is 24.1 Å². The molecule has 96 valence electrons. The second kappa shape index (κ2) is 5.35. The molecular weight excluding hydrogens is 243 g/mol. The first-order valence-electron chi connectivity index (χ1n) is 5.08. The van der Waals surface area contributed by atoms with Gasteiger partial charge in [-0.3, -0.25) is 19.7 Å². The summed E-state index contributed by atoms with van der Waals surface area (Å²) >= 11 is 0.